The fraction of sp³-hybridized carbons (Fsp3) is 0.231. The predicted molar refractivity (Wildman–Crippen MR) is 133 cm³/mol. The minimum absolute atomic E-state index is 0.147. The zero-order chi connectivity index (χ0) is 24.8. The lowest BCUT2D eigenvalue weighted by Gasteiger charge is -2.10. The third kappa shape index (κ3) is 5.94. The van der Waals surface area contributed by atoms with Crippen LogP contribution in [-0.4, -0.2) is 37.9 Å². The van der Waals surface area contributed by atoms with Crippen molar-refractivity contribution < 1.29 is 14.3 Å². The molecule has 2 aromatic carbocycles. The molecule has 2 amide bonds. The Bertz CT molecular complexity index is 1290. The molecule has 2 heterocycles. The Balaban J connectivity index is 1.35. The predicted octanol–water partition coefficient (Wildman–Crippen LogP) is 3.96. The van der Waals surface area contributed by atoms with Crippen LogP contribution in [-0.2, 0) is 13.8 Å². The number of benzene rings is 2. The molecule has 9 nitrogen and oxygen atoms in total. The highest BCUT2D eigenvalue weighted by molar-refractivity contribution is 6.07. The fourth-order valence-electron chi connectivity index (χ4n) is 3.43. The topological polar surface area (TPSA) is 103 Å². The molecule has 0 radical (unpaired) electrons. The summed E-state index contributed by atoms with van der Waals surface area (Å²) in [6, 6.07) is 19.5. The normalized spacial score (nSPS) is 10.9. The molecule has 0 saturated carbocycles. The Morgan fingerprint density at radius 2 is 1.69 bits per heavy atom. The Morgan fingerprint density at radius 1 is 0.971 bits per heavy atom. The highest BCUT2D eigenvalue weighted by Crippen LogP contribution is 2.22. The minimum Gasteiger partial charge on any atom is -0.471 e. The van der Waals surface area contributed by atoms with Crippen molar-refractivity contribution in [1.82, 2.24) is 24.9 Å². The van der Waals surface area contributed by atoms with Gasteiger partial charge in [-0.15, -0.1) is 0 Å². The number of nitrogens with zero attached hydrogens (tertiary/aromatic N) is 4. The molecule has 2 N–H and O–H groups in total. The molecule has 0 aliphatic carbocycles. The van der Waals surface area contributed by atoms with Crippen molar-refractivity contribution in [2.75, 3.05) is 11.9 Å². The van der Waals surface area contributed by atoms with Crippen molar-refractivity contribution in [2.24, 2.45) is 13.0 Å². The van der Waals surface area contributed by atoms with Gasteiger partial charge in [-0.25, -0.2) is 4.68 Å². The molecule has 0 fully saturated rings. The van der Waals surface area contributed by atoms with E-state index < -0.39 is 5.91 Å². The minimum atomic E-state index is -0.443. The van der Waals surface area contributed by atoms with Gasteiger partial charge < -0.3 is 15.4 Å². The van der Waals surface area contributed by atoms with Gasteiger partial charge in [0.1, 0.15) is 11.4 Å². The van der Waals surface area contributed by atoms with E-state index >= 15 is 0 Å². The van der Waals surface area contributed by atoms with Gasteiger partial charge in [0, 0.05) is 19.8 Å². The highest BCUT2D eigenvalue weighted by atomic mass is 16.5. The van der Waals surface area contributed by atoms with E-state index in [1.165, 1.54) is 15.6 Å². The third-order valence-electron chi connectivity index (χ3n) is 5.27. The van der Waals surface area contributed by atoms with E-state index in [9.17, 15) is 9.59 Å². The van der Waals surface area contributed by atoms with Gasteiger partial charge in [-0.1, -0.05) is 56.3 Å². The molecule has 0 spiro atoms. The Labute approximate surface area is 203 Å². The number of hydrogen-bond acceptors (Lipinski definition) is 5. The summed E-state index contributed by atoms with van der Waals surface area (Å²) in [6.07, 6.45) is 3.11. The summed E-state index contributed by atoms with van der Waals surface area (Å²) in [5.74, 6) is 0.255. The summed E-state index contributed by atoms with van der Waals surface area (Å²) in [5.41, 5.74) is 3.04. The largest absolute Gasteiger partial charge is 0.471 e. The quantitative estimate of drug-likeness (QED) is 0.384. The number of carbonyl (C=O) groups is 2. The van der Waals surface area contributed by atoms with Crippen molar-refractivity contribution >= 4 is 17.5 Å². The van der Waals surface area contributed by atoms with E-state index in [1.807, 2.05) is 56.3 Å². The number of aromatic nitrogens is 4. The fourth-order valence-corrected chi connectivity index (χ4v) is 3.43. The molecular weight excluding hydrogens is 444 g/mol. The molecule has 0 bridgehead atoms. The molecule has 0 atom stereocenters. The number of ether oxygens (including phenoxy) is 1. The van der Waals surface area contributed by atoms with Gasteiger partial charge in [0.15, 0.2) is 12.4 Å². The molecule has 180 valence electrons. The lowest BCUT2D eigenvalue weighted by Crippen LogP contribution is -2.30. The molecule has 4 rings (SSSR count). The van der Waals surface area contributed by atoms with Crippen molar-refractivity contribution in [3.8, 4) is 16.9 Å². The number of nitrogens with one attached hydrogen (secondary N) is 2. The van der Waals surface area contributed by atoms with E-state index in [2.05, 4.69) is 33.0 Å². The second-order valence-corrected chi connectivity index (χ2v) is 8.49. The zero-order valence-electron chi connectivity index (χ0n) is 19.9. The first kappa shape index (κ1) is 23.7. The van der Waals surface area contributed by atoms with Crippen molar-refractivity contribution in [3.63, 3.8) is 0 Å². The van der Waals surface area contributed by atoms with E-state index in [0.717, 1.165) is 11.1 Å². The second-order valence-electron chi connectivity index (χ2n) is 8.49. The Kier molecular flexibility index (Phi) is 7.25. The summed E-state index contributed by atoms with van der Waals surface area (Å²) < 4.78 is 8.76. The maximum Gasteiger partial charge on any atom is 0.276 e. The summed E-state index contributed by atoms with van der Waals surface area (Å²) in [5, 5.41) is 13.9. The molecule has 4 aromatic rings. The van der Waals surface area contributed by atoms with E-state index in [0.29, 0.717) is 23.9 Å². The van der Waals surface area contributed by atoms with Crippen molar-refractivity contribution in [2.45, 2.75) is 20.6 Å². The maximum atomic E-state index is 12.7. The number of carbonyl (C=O) groups excluding carboxylic acids is 2. The van der Waals surface area contributed by atoms with E-state index in [-0.39, 0.29) is 24.0 Å². The standard InChI is InChI=1S/C26H28N6O3/c1-18(2)15-27-26(34)24-23(16-28-31(24)3)29-25(33)22-13-14-32(30-22)17-35-21-11-9-20(10-12-21)19-7-5-4-6-8-19/h4-14,16,18H,15,17H2,1-3H3,(H,27,34)(H,29,33). The van der Waals surface area contributed by atoms with Crippen LogP contribution in [0.3, 0.4) is 0 Å². The van der Waals surface area contributed by atoms with Gasteiger partial charge in [-0.2, -0.15) is 10.2 Å². The Morgan fingerprint density at radius 3 is 2.40 bits per heavy atom. The van der Waals surface area contributed by atoms with Gasteiger partial charge in [0.05, 0.1) is 11.9 Å². The summed E-state index contributed by atoms with van der Waals surface area (Å²) in [6.45, 7) is 4.68. The average molecular weight is 473 g/mol. The number of rotatable bonds is 9. The maximum absolute atomic E-state index is 12.7. The average Bonchev–Trinajstić information content (AvgIpc) is 3.49. The van der Waals surface area contributed by atoms with Gasteiger partial charge in [-0.3, -0.25) is 14.3 Å². The van der Waals surface area contributed by atoms with Gasteiger partial charge in [-0.05, 0) is 35.2 Å². The smallest absolute Gasteiger partial charge is 0.276 e. The molecule has 0 saturated heterocycles. The summed E-state index contributed by atoms with van der Waals surface area (Å²) >= 11 is 0. The van der Waals surface area contributed by atoms with E-state index in [4.69, 9.17) is 4.74 Å². The van der Waals surface area contributed by atoms with Crippen LogP contribution in [0.5, 0.6) is 5.75 Å². The van der Waals surface area contributed by atoms with Crippen LogP contribution in [0.4, 0.5) is 5.69 Å². The third-order valence-corrected chi connectivity index (χ3v) is 5.27. The molecular formula is C26H28N6O3. The second kappa shape index (κ2) is 10.7. The lowest BCUT2D eigenvalue weighted by atomic mass is 10.1. The zero-order valence-corrected chi connectivity index (χ0v) is 19.9. The SMILES string of the molecule is CC(C)CNC(=O)c1c(NC(=O)c2ccn(COc3ccc(-c4ccccc4)cc3)n2)cnn1C. The molecule has 9 heteroatoms. The number of hydrogen-bond donors (Lipinski definition) is 2. The Hall–Kier alpha value is -4.40. The molecule has 0 aliphatic rings. The van der Waals surface area contributed by atoms with Gasteiger partial charge in [0.25, 0.3) is 11.8 Å². The van der Waals surface area contributed by atoms with Crippen LogP contribution in [0.15, 0.2) is 73.1 Å². The molecule has 2 aromatic heterocycles. The lowest BCUT2D eigenvalue weighted by molar-refractivity contribution is 0.0940. The van der Waals surface area contributed by atoms with Gasteiger partial charge >= 0.3 is 0 Å². The number of anilines is 1. The monoisotopic (exact) mass is 472 g/mol. The first-order valence-electron chi connectivity index (χ1n) is 11.3. The molecule has 0 unspecified atom stereocenters. The highest BCUT2D eigenvalue weighted by Gasteiger charge is 2.20. The van der Waals surface area contributed by atoms with Gasteiger partial charge in [0.2, 0.25) is 0 Å². The van der Waals surface area contributed by atoms with Crippen molar-refractivity contribution in [1.29, 1.82) is 0 Å². The van der Waals surface area contributed by atoms with E-state index in [1.54, 1.807) is 19.3 Å². The van der Waals surface area contributed by atoms with Crippen LogP contribution < -0.4 is 15.4 Å². The van der Waals surface area contributed by atoms with Crippen LogP contribution >= 0.6 is 0 Å². The van der Waals surface area contributed by atoms with Crippen LogP contribution in [0, 0.1) is 5.92 Å². The summed E-state index contributed by atoms with van der Waals surface area (Å²) in [7, 11) is 1.65. The first-order valence-corrected chi connectivity index (χ1v) is 11.3. The van der Waals surface area contributed by atoms with Crippen molar-refractivity contribution in [3.05, 3.63) is 84.4 Å². The van der Waals surface area contributed by atoms with Crippen LogP contribution in [0.1, 0.15) is 34.8 Å². The number of amides is 2. The molecule has 0 aliphatic heterocycles. The number of aryl methyl sites for hydroxylation is 1. The molecule has 35 heavy (non-hydrogen) atoms. The summed E-state index contributed by atoms with van der Waals surface area (Å²) in [4.78, 5) is 25.3. The van der Waals surface area contributed by atoms with Crippen LogP contribution in [0.2, 0.25) is 0 Å². The first-order chi connectivity index (χ1) is 16.9. The van der Waals surface area contributed by atoms with Crippen LogP contribution in [0.25, 0.3) is 11.1 Å².